The van der Waals surface area contributed by atoms with E-state index in [-0.39, 0.29) is 11.9 Å². The van der Waals surface area contributed by atoms with Crippen molar-refractivity contribution < 1.29 is 9.53 Å². The van der Waals surface area contributed by atoms with E-state index in [1.54, 1.807) is 12.4 Å². The van der Waals surface area contributed by atoms with Crippen LogP contribution in [0.1, 0.15) is 24.2 Å². The van der Waals surface area contributed by atoms with E-state index in [1.807, 2.05) is 41.1 Å². The first-order valence-electron chi connectivity index (χ1n) is 10.6. The molecule has 1 aliphatic rings. The number of pyridine rings is 1. The second kappa shape index (κ2) is 8.08. The smallest absolute Gasteiger partial charge is 0.316 e. The molecule has 2 atom stereocenters. The molecule has 0 aliphatic carbocycles. The summed E-state index contributed by atoms with van der Waals surface area (Å²) in [6, 6.07) is 8.43. The van der Waals surface area contributed by atoms with Gasteiger partial charge in [-0.1, -0.05) is 0 Å². The van der Waals surface area contributed by atoms with E-state index >= 15 is 0 Å². The fourth-order valence-corrected chi connectivity index (χ4v) is 4.36. The predicted molar refractivity (Wildman–Crippen MR) is 124 cm³/mol. The van der Waals surface area contributed by atoms with E-state index in [2.05, 4.69) is 44.3 Å². The van der Waals surface area contributed by atoms with Gasteiger partial charge in [-0.15, -0.1) is 0 Å². The van der Waals surface area contributed by atoms with E-state index in [0.717, 1.165) is 29.8 Å². The first kappa shape index (κ1) is 20.2. The Balaban J connectivity index is 1.54. The molecule has 164 valence electrons. The van der Waals surface area contributed by atoms with E-state index in [1.165, 1.54) is 7.11 Å². The van der Waals surface area contributed by atoms with Gasteiger partial charge in [0, 0.05) is 61.0 Å². The summed E-state index contributed by atoms with van der Waals surface area (Å²) in [5.74, 6) is -0.246. The second-order valence-corrected chi connectivity index (χ2v) is 8.19. The summed E-state index contributed by atoms with van der Waals surface area (Å²) in [5, 5.41) is 7.34. The fourth-order valence-electron chi connectivity index (χ4n) is 4.36. The summed E-state index contributed by atoms with van der Waals surface area (Å²) in [5.41, 5.74) is 3.53. The van der Waals surface area contributed by atoms with Crippen molar-refractivity contribution in [1.29, 1.82) is 0 Å². The maximum absolute atomic E-state index is 13.2. The number of anilines is 2. The molecule has 0 bridgehead atoms. The van der Waals surface area contributed by atoms with Gasteiger partial charge >= 0.3 is 6.01 Å². The molecule has 0 unspecified atom stereocenters. The van der Waals surface area contributed by atoms with Crippen LogP contribution in [-0.4, -0.2) is 57.5 Å². The minimum atomic E-state index is -0.246. The second-order valence-electron chi connectivity index (χ2n) is 8.19. The molecule has 2 N–H and O–H groups in total. The Bertz CT molecular complexity index is 1290. The Morgan fingerprint density at radius 2 is 1.97 bits per heavy atom. The molecule has 3 aromatic heterocycles. The number of carbonyl (C=O) groups is 1. The van der Waals surface area contributed by atoms with Gasteiger partial charge in [0.1, 0.15) is 5.65 Å². The Kier molecular flexibility index (Phi) is 5.10. The Morgan fingerprint density at radius 3 is 2.75 bits per heavy atom. The van der Waals surface area contributed by atoms with Crippen LogP contribution < -0.4 is 20.3 Å². The number of methoxy groups -OCH3 is 1. The molecular formula is C23H25N7O2. The van der Waals surface area contributed by atoms with Crippen molar-refractivity contribution in [3.05, 3.63) is 54.6 Å². The molecular weight excluding hydrogens is 406 g/mol. The molecule has 1 fully saturated rings. The van der Waals surface area contributed by atoms with Crippen LogP contribution in [-0.2, 0) is 0 Å². The van der Waals surface area contributed by atoms with Crippen LogP contribution in [0.2, 0.25) is 0 Å². The number of rotatable bonds is 4. The average molecular weight is 432 g/mol. The third-order valence-electron chi connectivity index (χ3n) is 5.68. The van der Waals surface area contributed by atoms with Crippen molar-refractivity contribution in [2.75, 3.05) is 30.4 Å². The van der Waals surface area contributed by atoms with Crippen molar-refractivity contribution in [3.63, 3.8) is 0 Å². The minimum absolute atomic E-state index is 0.227. The van der Waals surface area contributed by atoms with Gasteiger partial charge in [-0.25, -0.2) is 9.97 Å². The highest BCUT2D eigenvalue weighted by Crippen LogP contribution is 2.31. The Labute approximate surface area is 185 Å². The van der Waals surface area contributed by atoms with Crippen LogP contribution >= 0.6 is 0 Å². The molecule has 9 nitrogen and oxygen atoms in total. The van der Waals surface area contributed by atoms with Gasteiger partial charge in [0.25, 0.3) is 5.91 Å². The van der Waals surface area contributed by atoms with Crippen molar-refractivity contribution in [1.82, 2.24) is 24.7 Å². The van der Waals surface area contributed by atoms with Gasteiger partial charge in [-0.2, -0.15) is 4.98 Å². The molecule has 1 aromatic carbocycles. The summed E-state index contributed by atoms with van der Waals surface area (Å²) in [6.45, 7) is 6.07. The van der Waals surface area contributed by atoms with Crippen LogP contribution in [0.25, 0.3) is 16.6 Å². The van der Waals surface area contributed by atoms with Crippen molar-refractivity contribution >= 4 is 33.8 Å². The van der Waals surface area contributed by atoms with Gasteiger partial charge in [0.05, 0.1) is 23.9 Å². The molecule has 4 aromatic rings. The number of benzene rings is 1. The van der Waals surface area contributed by atoms with Gasteiger partial charge in [-0.05, 0) is 38.1 Å². The monoisotopic (exact) mass is 431 g/mol. The predicted octanol–water partition coefficient (Wildman–Crippen LogP) is 2.73. The highest BCUT2D eigenvalue weighted by molar-refractivity contribution is 6.13. The molecule has 4 heterocycles. The normalized spacial score (nSPS) is 18.8. The molecule has 5 rings (SSSR count). The third kappa shape index (κ3) is 3.71. The van der Waals surface area contributed by atoms with Gasteiger partial charge in [-0.3, -0.25) is 4.79 Å². The summed E-state index contributed by atoms with van der Waals surface area (Å²) in [6.07, 6.45) is 7.12. The number of carbonyl (C=O) groups excluding carboxylic acids is 1. The summed E-state index contributed by atoms with van der Waals surface area (Å²) < 4.78 is 7.10. The number of aromatic nitrogens is 4. The fraction of sp³-hybridized carbons (Fsp3) is 0.304. The molecule has 32 heavy (non-hydrogen) atoms. The number of fused-ring (bicyclic) bond motifs is 2. The first-order valence-corrected chi connectivity index (χ1v) is 10.6. The van der Waals surface area contributed by atoms with Crippen LogP contribution in [0.3, 0.4) is 0 Å². The van der Waals surface area contributed by atoms with Crippen molar-refractivity contribution in [2.45, 2.75) is 25.9 Å². The van der Waals surface area contributed by atoms with Gasteiger partial charge in [0.15, 0.2) is 0 Å². The molecule has 0 spiro atoms. The number of hydrogen-bond donors (Lipinski definition) is 2. The zero-order chi connectivity index (χ0) is 22.2. The largest absolute Gasteiger partial charge is 0.467 e. The quantitative estimate of drug-likeness (QED) is 0.513. The number of amides is 1. The number of ether oxygens (including phenoxy) is 1. The van der Waals surface area contributed by atoms with Crippen LogP contribution in [0.4, 0.5) is 11.4 Å². The number of imidazole rings is 1. The summed E-state index contributed by atoms with van der Waals surface area (Å²) in [4.78, 5) is 28.6. The van der Waals surface area contributed by atoms with Crippen LogP contribution in [0.5, 0.6) is 6.01 Å². The highest BCUT2D eigenvalue weighted by Gasteiger charge is 2.24. The zero-order valence-corrected chi connectivity index (χ0v) is 18.2. The first-order chi connectivity index (χ1) is 15.5. The van der Waals surface area contributed by atoms with Crippen LogP contribution in [0, 0.1) is 0 Å². The van der Waals surface area contributed by atoms with Crippen LogP contribution in [0.15, 0.2) is 49.1 Å². The standard InChI is InChI=1S/C23H25N7O2/c1-14-11-30(12-15(2)26-14)19-6-5-17(21-18(19)10-25-23(28-21)32-3)22(31)27-16-4-7-20-24-8-9-29(20)13-16/h4-10,13-15,26H,11-12H2,1-3H3,(H,27,31)/t14-,15-/m1/s1. The number of hydrogen-bond acceptors (Lipinski definition) is 7. The van der Waals surface area contributed by atoms with Crippen molar-refractivity contribution in [3.8, 4) is 6.01 Å². The molecule has 0 radical (unpaired) electrons. The van der Waals surface area contributed by atoms with E-state index in [9.17, 15) is 4.79 Å². The summed E-state index contributed by atoms with van der Waals surface area (Å²) >= 11 is 0. The Hall–Kier alpha value is -3.72. The third-order valence-corrected chi connectivity index (χ3v) is 5.68. The average Bonchev–Trinajstić information content (AvgIpc) is 3.25. The molecule has 0 saturated carbocycles. The SMILES string of the molecule is COc1ncc2c(N3C[C@@H](C)N[C@H](C)C3)ccc(C(=O)Nc3ccc4nccn4c3)c2n1. The summed E-state index contributed by atoms with van der Waals surface area (Å²) in [7, 11) is 1.52. The number of piperazine rings is 1. The number of nitrogens with one attached hydrogen (secondary N) is 2. The zero-order valence-electron chi connectivity index (χ0n) is 18.2. The topological polar surface area (TPSA) is 96.7 Å². The minimum Gasteiger partial charge on any atom is -0.467 e. The lowest BCUT2D eigenvalue weighted by Gasteiger charge is -2.38. The molecule has 9 heteroatoms. The maximum Gasteiger partial charge on any atom is 0.316 e. The van der Waals surface area contributed by atoms with Gasteiger partial charge < -0.3 is 24.7 Å². The highest BCUT2D eigenvalue weighted by atomic mass is 16.5. The lowest BCUT2D eigenvalue weighted by Crippen LogP contribution is -2.54. The van der Waals surface area contributed by atoms with E-state index < -0.39 is 0 Å². The molecule has 1 aliphatic heterocycles. The molecule has 1 saturated heterocycles. The molecule has 1 amide bonds. The lowest BCUT2D eigenvalue weighted by molar-refractivity contribution is 0.102. The Morgan fingerprint density at radius 1 is 1.16 bits per heavy atom. The van der Waals surface area contributed by atoms with E-state index in [4.69, 9.17) is 4.74 Å². The maximum atomic E-state index is 13.2. The lowest BCUT2D eigenvalue weighted by atomic mass is 10.0. The number of nitrogens with zero attached hydrogens (tertiary/aromatic N) is 5. The van der Waals surface area contributed by atoms with Crippen molar-refractivity contribution in [2.24, 2.45) is 0 Å². The van der Waals surface area contributed by atoms with Gasteiger partial charge in [0.2, 0.25) is 0 Å². The van der Waals surface area contributed by atoms with E-state index in [0.29, 0.717) is 28.9 Å².